The Morgan fingerprint density at radius 1 is 1.30 bits per heavy atom. The van der Waals surface area contributed by atoms with E-state index in [1.165, 1.54) is 23.5 Å². The summed E-state index contributed by atoms with van der Waals surface area (Å²) in [6.45, 7) is 3.31. The van der Waals surface area contributed by atoms with E-state index >= 15 is 0 Å². The summed E-state index contributed by atoms with van der Waals surface area (Å²) in [6, 6.07) is 8.03. The third-order valence-corrected chi connectivity index (χ3v) is 5.39. The van der Waals surface area contributed by atoms with Gasteiger partial charge < -0.3 is 9.88 Å². The lowest BCUT2D eigenvalue weighted by Crippen LogP contribution is -2.24. The van der Waals surface area contributed by atoms with E-state index in [1.807, 2.05) is 23.8 Å². The standard InChI is InChI=1S/C19H18FN5OS/c1-13-16-11-17(18(26)22-7-2-9-24-10-8-21-12-24)27-19(16)25(23-13)15-5-3-14(20)4-6-15/h3-6,8,10-12H,2,7,9H2,1H3,(H,22,26). The smallest absolute Gasteiger partial charge is 0.261 e. The molecule has 4 aromatic rings. The van der Waals surface area contributed by atoms with Gasteiger partial charge >= 0.3 is 0 Å². The maximum atomic E-state index is 13.2. The van der Waals surface area contributed by atoms with Crippen LogP contribution in [-0.4, -0.2) is 31.8 Å². The lowest BCUT2D eigenvalue weighted by molar-refractivity contribution is 0.0957. The van der Waals surface area contributed by atoms with Gasteiger partial charge in [-0.2, -0.15) is 5.10 Å². The average molecular weight is 383 g/mol. The number of rotatable bonds is 6. The number of nitrogens with zero attached hydrogens (tertiary/aromatic N) is 4. The summed E-state index contributed by atoms with van der Waals surface area (Å²) < 4.78 is 16.9. The highest BCUT2D eigenvalue weighted by atomic mass is 32.1. The van der Waals surface area contributed by atoms with Crippen LogP contribution in [0.15, 0.2) is 49.1 Å². The fourth-order valence-electron chi connectivity index (χ4n) is 2.89. The van der Waals surface area contributed by atoms with Gasteiger partial charge in [0.25, 0.3) is 5.91 Å². The molecule has 0 aliphatic heterocycles. The number of hydrogen-bond donors (Lipinski definition) is 1. The van der Waals surface area contributed by atoms with Gasteiger partial charge in [0.2, 0.25) is 0 Å². The zero-order valence-electron chi connectivity index (χ0n) is 14.7. The lowest BCUT2D eigenvalue weighted by Gasteiger charge is -2.04. The molecule has 6 nitrogen and oxygen atoms in total. The van der Waals surface area contributed by atoms with Crippen LogP contribution >= 0.6 is 11.3 Å². The Balaban J connectivity index is 1.48. The summed E-state index contributed by atoms with van der Waals surface area (Å²) in [4.78, 5) is 18.0. The van der Waals surface area contributed by atoms with Crippen molar-refractivity contribution in [3.63, 3.8) is 0 Å². The number of imidazole rings is 1. The molecule has 0 unspecified atom stereocenters. The van der Waals surface area contributed by atoms with Gasteiger partial charge in [-0.15, -0.1) is 11.3 Å². The Hall–Kier alpha value is -3.00. The van der Waals surface area contributed by atoms with Gasteiger partial charge in [0.15, 0.2) is 0 Å². The normalized spacial score (nSPS) is 11.2. The Labute approximate surface area is 159 Å². The molecule has 0 spiro atoms. The van der Waals surface area contributed by atoms with Gasteiger partial charge in [-0.3, -0.25) is 4.79 Å². The van der Waals surface area contributed by atoms with Crippen molar-refractivity contribution in [3.05, 3.63) is 65.4 Å². The van der Waals surface area contributed by atoms with E-state index < -0.39 is 0 Å². The van der Waals surface area contributed by atoms with Crippen LogP contribution < -0.4 is 5.32 Å². The minimum atomic E-state index is -0.291. The Bertz CT molecular complexity index is 1070. The topological polar surface area (TPSA) is 64.7 Å². The summed E-state index contributed by atoms with van der Waals surface area (Å²) in [5.41, 5.74) is 1.60. The monoisotopic (exact) mass is 383 g/mol. The quantitative estimate of drug-likeness (QED) is 0.518. The molecule has 0 aliphatic carbocycles. The molecule has 1 aromatic carbocycles. The first-order valence-electron chi connectivity index (χ1n) is 8.61. The summed E-state index contributed by atoms with van der Waals surface area (Å²) in [6.07, 6.45) is 6.23. The van der Waals surface area contributed by atoms with Crippen LogP contribution in [-0.2, 0) is 6.54 Å². The second-order valence-electron chi connectivity index (χ2n) is 6.21. The van der Waals surface area contributed by atoms with Gasteiger partial charge in [0, 0.05) is 30.9 Å². The molecule has 138 valence electrons. The fourth-order valence-corrected chi connectivity index (χ4v) is 3.99. The van der Waals surface area contributed by atoms with Crippen molar-refractivity contribution in [3.8, 4) is 5.69 Å². The van der Waals surface area contributed by atoms with Gasteiger partial charge in [-0.05, 0) is 43.7 Å². The van der Waals surface area contributed by atoms with Crippen LogP contribution in [0, 0.1) is 12.7 Å². The first kappa shape index (κ1) is 17.4. The first-order chi connectivity index (χ1) is 13.1. The second-order valence-corrected chi connectivity index (χ2v) is 7.24. The molecule has 27 heavy (non-hydrogen) atoms. The second kappa shape index (κ2) is 7.32. The number of carbonyl (C=O) groups is 1. The molecule has 3 aromatic heterocycles. The molecule has 8 heteroatoms. The van der Waals surface area contributed by atoms with Gasteiger partial charge in [0.1, 0.15) is 10.6 Å². The van der Waals surface area contributed by atoms with Gasteiger partial charge in [-0.1, -0.05) is 0 Å². The summed E-state index contributed by atoms with van der Waals surface area (Å²) in [5.74, 6) is -0.382. The number of thiophene rings is 1. The molecule has 4 rings (SSSR count). The van der Waals surface area contributed by atoms with E-state index in [2.05, 4.69) is 15.4 Å². The molecular weight excluding hydrogens is 365 g/mol. The van der Waals surface area contributed by atoms with E-state index in [0.717, 1.165) is 34.6 Å². The number of carbonyl (C=O) groups excluding carboxylic acids is 1. The first-order valence-corrected chi connectivity index (χ1v) is 9.42. The lowest BCUT2D eigenvalue weighted by atomic mass is 10.3. The van der Waals surface area contributed by atoms with Crippen molar-refractivity contribution in [2.24, 2.45) is 0 Å². The minimum absolute atomic E-state index is 0.0908. The van der Waals surface area contributed by atoms with Crippen molar-refractivity contribution < 1.29 is 9.18 Å². The highest BCUT2D eigenvalue weighted by Crippen LogP contribution is 2.30. The largest absolute Gasteiger partial charge is 0.351 e. The molecule has 0 saturated carbocycles. The van der Waals surface area contributed by atoms with E-state index in [1.54, 1.807) is 29.3 Å². The number of halogens is 1. The van der Waals surface area contributed by atoms with Crippen LogP contribution in [0.3, 0.4) is 0 Å². The van der Waals surface area contributed by atoms with Crippen LogP contribution in [0.5, 0.6) is 0 Å². The Morgan fingerprint density at radius 3 is 2.85 bits per heavy atom. The SMILES string of the molecule is Cc1nn(-c2ccc(F)cc2)c2sc(C(=O)NCCCn3ccnc3)cc12. The number of aryl methyl sites for hydroxylation is 2. The third-order valence-electron chi connectivity index (χ3n) is 4.28. The summed E-state index contributed by atoms with van der Waals surface area (Å²) >= 11 is 1.39. The van der Waals surface area contributed by atoms with Crippen molar-refractivity contribution in [2.75, 3.05) is 6.54 Å². The molecule has 0 bridgehead atoms. The highest BCUT2D eigenvalue weighted by molar-refractivity contribution is 7.20. The van der Waals surface area contributed by atoms with E-state index in [9.17, 15) is 9.18 Å². The van der Waals surface area contributed by atoms with Gasteiger partial charge in [0.05, 0.1) is 22.6 Å². The number of aromatic nitrogens is 4. The molecule has 1 amide bonds. The van der Waals surface area contributed by atoms with E-state index in [0.29, 0.717) is 11.4 Å². The molecule has 0 atom stereocenters. The summed E-state index contributed by atoms with van der Waals surface area (Å²) in [5, 5.41) is 8.41. The predicted octanol–water partition coefficient (Wildman–Crippen LogP) is 3.55. The molecule has 0 aliphatic rings. The van der Waals surface area contributed by atoms with Crippen LogP contribution in [0.4, 0.5) is 4.39 Å². The van der Waals surface area contributed by atoms with Crippen molar-refractivity contribution in [2.45, 2.75) is 19.9 Å². The van der Waals surface area contributed by atoms with E-state index in [4.69, 9.17) is 0 Å². The molecular formula is C19H18FN5OS. The van der Waals surface area contributed by atoms with Crippen molar-refractivity contribution >= 4 is 27.5 Å². The van der Waals surface area contributed by atoms with Gasteiger partial charge in [-0.25, -0.2) is 14.1 Å². The zero-order valence-corrected chi connectivity index (χ0v) is 15.5. The number of nitrogens with one attached hydrogen (secondary N) is 1. The minimum Gasteiger partial charge on any atom is -0.351 e. The fraction of sp³-hybridized carbons (Fsp3) is 0.211. The van der Waals surface area contributed by atoms with Crippen molar-refractivity contribution in [1.82, 2.24) is 24.6 Å². The number of amides is 1. The number of benzene rings is 1. The third kappa shape index (κ3) is 3.61. The van der Waals surface area contributed by atoms with Crippen LogP contribution in [0.2, 0.25) is 0 Å². The molecule has 0 saturated heterocycles. The van der Waals surface area contributed by atoms with Crippen molar-refractivity contribution in [1.29, 1.82) is 0 Å². The average Bonchev–Trinajstić information content (AvgIpc) is 3.38. The molecule has 1 N–H and O–H groups in total. The highest BCUT2D eigenvalue weighted by Gasteiger charge is 2.17. The maximum absolute atomic E-state index is 13.2. The zero-order chi connectivity index (χ0) is 18.8. The Kier molecular flexibility index (Phi) is 4.72. The molecule has 3 heterocycles. The molecule has 0 radical (unpaired) electrons. The number of fused-ring (bicyclic) bond motifs is 1. The Morgan fingerprint density at radius 2 is 2.11 bits per heavy atom. The number of hydrogen-bond acceptors (Lipinski definition) is 4. The molecule has 0 fully saturated rings. The van der Waals surface area contributed by atoms with E-state index in [-0.39, 0.29) is 11.7 Å². The predicted molar refractivity (Wildman–Crippen MR) is 103 cm³/mol. The summed E-state index contributed by atoms with van der Waals surface area (Å²) in [7, 11) is 0. The van der Waals surface area contributed by atoms with Crippen LogP contribution in [0.25, 0.3) is 15.9 Å². The maximum Gasteiger partial charge on any atom is 0.261 e. The van der Waals surface area contributed by atoms with Crippen LogP contribution in [0.1, 0.15) is 21.8 Å².